The van der Waals surface area contributed by atoms with Gasteiger partial charge in [0.1, 0.15) is 0 Å². The molecule has 0 saturated carbocycles. The Morgan fingerprint density at radius 1 is 1.47 bits per heavy atom. The molecule has 0 aliphatic rings. The average Bonchev–Trinajstić information content (AvgIpc) is 2.77. The van der Waals surface area contributed by atoms with Crippen molar-refractivity contribution in [1.29, 1.82) is 0 Å². The summed E-state index contributed by atoms with van der Waals surface area (Å²) in [7, 11) is 0. The predicted octanol–water partition coefficient (Wildman–Crippen LogP) is 2.04. The summed E-state index contributed by atoms with van der Waals surface area (Å²) in [6.45, 7) is -0.167. The highest BCUT2D eigenvalue weighted by atomic mass is 79.9. The second-order valence-corrected chi connectivity index (χ2v) is 4.16. The summed E-state index contributed by atoms with van der Waals surface area (Å²) in [5.74, 6) is 0. The second kappa shape index (κ2) is 4.64. The largest absolute Gasteiger partial charge is 0.390 e. The van der Waals surface area contributed by atoms with Crippen molar-refractivity contribution < 1.29 is 10.0 Å². The molecule has 0 radical (unpaired) electrons. The number of rotatable bonds is 3. The average molecular weight is 298 g/mol. The van der Waals surface area contributed by atoms with Crippen LogP contribution in [0.25, 0.3) is 5.69 Å². The van der Waals surface area contributed by atoms with Crippen LogP contribution in [0.15, 0.2) is 34.9 Å². The predicted molar refractivity (Wildman–Crippen MR) is 63.8 cm³/mol. The van der Waals surface area contributed by atoms with Crippen molar-refractivity contribution in [2.75, 3.05) is 0 Å². The van der Waals surface area contributed by atoms with Crippen LogP contribution >= 0.6 is 15.9 Å². The number of aliphatic hydroxyl groups excluding tert-OH is 1. The number of nitro groups is 1. The molecule has 2 aromatic rings. The minimum atomic E-state index is -0.466. The van der Waals surface area contributed by atoms with Gasteiger partial charge in [-0.1, -0.05) is 0 Å². The van der Waals surface area contributed by atoms with Gasteiger partial charge in [-0.15, -0.1) is 0 Å². The van der Waals surface area contributed by atoms with Crippen LogP contribution < -0.4 is 0 Å². The van der Waals surface area contributed by atoms with Crippen LogP contribution in [0.1, 0.15) is 5.69 Å². The summed E-state index contributed by atoms with van der Waals surface area (Å²) >= 11 is 3.30. The maximum Gasteiger partial charge on any atom is 0.271 e. The van der Waals surface area contributed by atoms with Crippen LogP contribution in [0.5, 0.6) is 0 Å². The molecule has 0 unspecified atom stereocenters. The van der Waals surface area contributed by atoms with Crippen LogP contribution in [0, 0.1) is 10.1 Å². The van der Waals surface area contributed by atoms with Crippen LogP contribution in [0.3, 0.4) is 0 Å². The number of hydrogen-bond donors (Lipinski definition) is 1. The Hall–Kier alpha value is -1.73. The first kappa shape index (κ1) is 11.7. The molecule has 0 fully saturated rings. The van der Waals surface area contributed by atoms with E-state index in [0.29, 0.717) is 15.9 Å². The molecule has 6 nitrogen and oxygen atoms in total. The highest BCUT2D eigenvalue weighted by Gasteiger charge is 2.11. The summed E-state index contributed by atoms with van der Waals surface area (Å²) in [5, 5.41) is 23.7. The van der Waals surface area contributed by atoms with Gasteiger partial charge in [-0.3, -0.25) is 10.1 Å². The molecule has 2 rings (SSSR count). The molecule has 7 heteroatoms. The van der Waals surface area contributed by atoms with E-state index < -0.39 is 4.92 Å². The first-order valence-corrected chi connectivity index (χ1v) is 5.51. The topological polar surface area (TPSA) is 81.2 Å². The first-order valence-electron chi connectivity index (χ1n) is 4.71. The van der Waals surface area contributed by atoms with E-state index in [9.17, 15) is 10.1 Å². The number of nitrogens with zero attached hydrogens (tertiary/aromatic N) is 3. The fourth-order valence-electron chi connectivity index (χ4n) is 1.37. The second-order valence-electron chi connectivity index (χ2n) is 3.30. The monoisotopic (exact) mass is 297 g/mol. The molecule has 0 spiro atoms. The highest BCUT2D eigenvalue weighted by molar-refractivity contribution is 9.10. The minimum absolute atomic E-state index is 0.00996. The number of nitro benzene ring substituents is 1. The molecule has 0 atom stereocenters. The van der Waals surface area contributed by atoms with Crippen molar-refractivity contribution in [3.8, 4) is 5.69 Å². The third-order valence-electron chi connectivity index (χ3n) is 2.19. The SMILES string of the molecule is O=[N+]([O-])c1ccc(Br)c(-n2ccc(CO)n2)c1. The molecule has 0 amide bonds. The molecular weight excluding hydrogens is 290 g/mol. The zero-order chi connectivity index (χ0) is 12.4. The Kier molecular flexibility index (Phi) is 3.21. The quantitative estimate of drug-likeness (QED) is 0.694. The lowest BCUT2D eigenvalue weighted by molar-refractivity contribution is -0.384. The Morgan fingerprint density at radius 3 is 2.82 bits per heavy atom. The lowest BCUT2D eigenvalue weighted by Gasteiger charge is -2.04. The summed E-state index contributed by atoms with van der Waals surface area (Å²) in [6, 6.07) is 6.06. The Bertz CT molecular complexity index is 568. The minimum Gasteiger partial charge on any atom is -0.390 e. The van der Waals surface area contributed by atoms with E-state index in [4.69, 9.17) is 5.11 Å². The first-order chi connectivity index (χ1) is 8.11. The zero-order valence-electron chi connectivity index (χ0n) is 8.58. The van der Waals surface area contributed by atoms with E-state index in [1.165, 1.54) is 16.8 Å². The molecule has 1 aromatic heterocycles. The lowest BCUT2D eigenvalue weighted by atomic mass is 10.3. The molecule has 17 heavy (non-hydrogen) atoms. The van der Waals surface area contributed by atoms with Crippen LogP contribution in [0.4, 0.5) is 5.69 Å². The van der Waals surface area contributed by atoms with Crippen LogP contribution in [-0.4, -0.2) is 19.8 Å². The van der Waals surface area contributed by atoms with E-state index in [-0.39, 0.29) is 12.3 Å². The molecule has 1 heterocycles. The number of aliphatic hydroxyl groups is 1. The summed E-state index contributed by atoms with van der Waals surface area (Å²) in [6.07, 6.45) is 1.63. The van der Waals surface area contributed by atoms with Gasteiger partial charge in [0.05, 0.1) is 22.9 Å². The van der Waals surface area contributed by atoms with Gasteiger partial charge in [-0.2, -0.15) is 5.10 Å². The van der Waals surface area contributed by atoms with Gasteiger partial charge in [0.15, 0.2) is 0 Å². The molecular formula is C10H8BrN3O3. The third kappa shape index (κ3) is 2.34. The van der Waals surface area contributed by atoms with E-state index in [1.54, 1.807) is 18.3 Å². The van der Waals surface area contributed by atoms with E-state index >= 15 is 0 Å². The molecule has 1 N–H and O–H groups in total. The number of aromatic nitrogens is 2. The molecule has 0 bridgehead atoms. The molecule has 1 aromatic carbocycles. The third-order valence-corrected chi connectivity index (χ3v) is 2.86. The molecule has 0 aliphatic heterocycles. The van der Waals surface area contributed by atoms with E-state index in [2.05, 4.69) is 21.0 Å². The van der Waals surface area contributed by atoms with E-state index in [0.717, 1.165) is 0 Å². The van der Waals surface area contributed by atoms with E-state index in [1.807, 2.05) is 0 Å². The molecule has 0 aliphatic carbocycles. The maximum atomic E-state index is 10.7. The van der Waals surface area contributed by atoms with Crippen molar-refractivity contribution in [3.05, 3.63) is 50.7 Å². The fraction of sp³-hybridized carbons (Fsp3) is 0.100. The maximum absolute atomic E-state index is 10.7. The van der Waals surface area contributed by atoms with Gasteiger partial charge in [-0.25, -0.2) is 4.68 Å². The van der Waals surface area contributed by atoms with Gasteiger partial charge >= 0.3 is 0 Å². The van der Waals surface area contributed by atoms with Crippen molar-refractivity contribution in [2.45, 2.75) is 6.61 Å². The van der Waals surface area contributed by atoms with Gasteiger partial charge < -0.3 is 5.11 Å². The highest BCUT2D eigenvalue weighted by Crippen LogP contribution is 2.25. The van der Waals surface area contributed by atoms with Crippen LogP contribution in [0.2, 0.25) is 0 Å². The zero-order valence-corrected chi connectivity index (χ0v) is 10.2. The standard InChI is InChI=1S/C10H8BrN3O3/c11-9-2-1-8(14(16)17)5-10(9)13-4-3-7(6-15)12-13/h1-5,15H,6H2. The van der Waals surface area contributed by atoms with Gasteiger partial charge in [0.25, 0.3) is 5.69 Å². The Balaban J connectivity index is 2.49. The Morgan fingerprint density at radius 2 is 2.24 bits per heavy atom. The summed E-state index contributed by atoms with van der Waals surface area (Å²) in [4.78, 5) is 10.2. The lowest BCUT2D eigenvalue weighted by Crippen LogP contribution is -1.99. The normalized spacial score (nSPS) is 10.5. The molecule has 0 saturated heterocycles. The van der Waals surface area contributed by atoms with Crippen molar-refractivity contribution >= 4 is 21.6 Å². The van der Waals surface area contributed by atoms with Crippen LogP contribution in [-0.2, 0) is 6.61 Å². The van der Waals surface area contributed by atoms with Crippen molar-refractivity contribution in [2.24, 2.45) is 0 Å². The van der Waals surface area contributed by atoms with Crippen molar-refractivity contribution in [1.82, 2.24) is 9.78 Å². The Labute approximate surface area is 105 Å². The number of halogens is 1. The van der Waals surface area contributed by atoms with Gasteiger partial charge in [-0.05, 0) is 28.1 Å². The number of non-ortho nitro benzene ring substituents is 1. The summed E-state index contributed by atoms with van der Waals surface area (Å²) in [5.41, 5.74) is 1.05. The summed E-state index contributed by atoms with van der Waals surface area (Å²) < 4.78 is 2.17. The fourth-order valence-corrected chi connectivity index (χ4v) is 1.80. The smallest absolute Gasteiger partial charge is 0.271 e. The van der Waals surface area contributed by atoms with Gasteiger partial charge in [0, 0.05) is 22.8 Å². The number of hydrogen-bond acceptors (Lipinski definition) is 4. The molecule has 88 valence electrons. The number of benzene rings is 1. The van der Waals surface area contributed by atoms with Crippen molar-refractivity contribution in [3.63, 3.8) is 0 Å². The van der Waals surface area contributed by atoms with Gasteiger partial charge in [0.2, 0.25) is 0 Å².